The molecule has 1 aliphatic heterocycles. The highest BCUT2D eigenvalue weighted by molar-refractivity contribution is 6.63. The highest BCUT2D eigenvalue weighted by Gasteiger charge is 2.61. The molecule has 2 rings (SSSR count). The monoisotopic (exact) mass is 331 g/mol. The Morgan fingerprint density at radius 2 is 2.23 bits per heavy atom. The summed E-state index contributed by atoms with van der Waals surface area (Å²) in [5.74, 6) is -1.79. The van der Waals surface area contributed by atoms with Crippen LogP contribution < -0.4 is 11.4 Å². The van der Waals surface area contributed by atoms with Crippen molar-refractivity contribution in [2.45, 2.75) is 28.8 Å². The van der Waals surface area contributed by atoms with Gasteiger partial charge in [0.2, 0.25) is 0 Å². The molecule has 7 nitrogen and oxygen atoms in total. The zero-order valence-corrected chi connectivity index (χ0v) is 11.7. The summed E-state index contributed by atoms with van der Waals surface area (Å²) in [6.45, 7) is -1.05. The summed E-state index contributed by atoms with van der Waals surface area (Å²) in [7, 11) is 10.8. The molecule has 12 heteroatoms. The predicted molar refractivity (Wildman–Crippen MR) is 73.8 cm³/mol. The van der Waals surface area contributed by atoms with Crippen LogP contribution in [0.2, 0.25) is 0 Å². The third-order valence-electron chi connectivity index (χ3n) is 3.47. The molecule has 0 aromatic carbocycles. The quantitative estimate of drug-likeness (QED) is 0.443. The third kappa shape index (κ3) is 2.41. The SMILES string of the molecule is [B]C([B])(Cl)[C@]1(CO)O[C@@H](n2cc(F)c(N)nc2=O)[C@@H](F)[C@@H]1O. The molecular weight excluding hydrogens is 321 g/mol. The van der Waals surface area contributed by atoms with Gasteiger partial charge in [0.05, 0.1) is 28.5 Å². The fourth-order valence-corrected chi connectivity index (χ4v) is 2.40. The Balaban J connectivity index is 2.52. The van der Waals surface area contributed by atoms with E-state index < -0.39 is 52.7 Å². The summed E-state index contributed by atoms with van der Waals surface area (Å²) in [5.41, 5.74) is 1.65. The van der Waals surface area contributed by atoms with Gasteiger partial charge in [-0.05, 0) is 0 Å². The number of aliphatic hydroxyl groups excluding tert-OH is 2. The van der Waals surface area contributed by atoms with Gasteiger partial charge in [-0.15, -0.1) is 11.6 Å². The molecule has 22 heavy (non-hydrogen) atoms. The van der Waals surface area contributed by atoms with Gasteiger partial charge < -0.3 is 20.7 Å². The molecule has 1 aromatic heterocycles. The van der Waals surface area contributed by atoms with Crippen LogP contribution in [-0.2, 0) is 4.74 Å². The molecule has 1 aromatic rings. The molecule has 0 bridgehead atoms. The number of rotatable bonds is 3. The zero-order chi connectivity index (χ0) is 16.9. The molecule has 4 N–H and O–H groups in total. The normalized spacial score (nSPS) is 32.3. The van der Waals surface area contributed by atoms with Crippen LogP contribution in [0.5, 0.6) is 0 Å². The Labute approximate surface area is 130 Å². The van der Waals surface area contributed by atoms with Crippen LogP contribution in [0.25, 0.3) is 0 Å². The number of nitrogens with two attached hydrogens (primary N) is 1. The average Bonchev–Trinajstić information content (AvgIpc) is 2.67. The lowest BCUT2D eigenvalue weighted by Crippen LogP contribution is -2.61. The number of halogens is 3. The van der Waals surface area contributed by atoms with Crippen molar-refractivity contribution in [3.8, 4) is 0 Å². The summed E-state index contributed by atoms with van der Waals surface area (Å²) in [5, 5.41) is 19.3. The standard InChI is InChI=1S/C10H10B2ClF2N3O4/c11-10(12,13)9(2-19)5(20)4(15)7(22-9)18-1-3(14)6(16)17-8(18)21/h1,4-5,7,19-20H,2H2,(H2,16,17,21)/t4-,5-,7+,9+/m0/s1. The van der Waals surface area contributed by atoms with Crippen LogP contribution in [0.4, 0.5) is 14.6 Å². The second-order valence-corrected chi connectivity index (χ2v) is 5.50. The Morgan fingerprint density at radius 3 is 2.68 bits per heavy atom. The largest absolute Gasteiger partial charge is 0.393 e. The van der Waals surface area contributed by atoms with E-state index in [1.165, 1.54) is 0 Å². The maximum Gasteiger partial charge on any atom is 0.351 e. The van der Waals surface area contributed by atoms with Gasteiger partial charge in [-0.2, -0.15) is 4.98 Å². The molecular formula is C10H10B2ClF2N3O4. The van der Waals surface area contributed by atoms with E-state index in [0.717, 1.165) is 0 Å². The van der Waals surface area contributed by atoms with Crippen LogP contribution in [0, 0.1) is 5.82 Å². The van der Waals surface area contributed by atoms with Gasteiger partial charge in [0.25, 0.3) is 0 Å². The van der Waals surface area contributed by atoms with Crippen molar-refractivity contribution in [1.29, 1.82) is 0 Å². The van der Waals surface area contributed by atoms with Crippen molar-refractivity contribution in [2.24, 2.45) is 0 Å². The summed E-state index contributed by atoms with van der Waals surface area (Å²) in [4.78, 5) is 14.8. The molecule has 0 unspecified atom stereocenters. The number of alkyl halides is 2. The number of hydrogen-bond donors (Lipinski definition) is 3. The summed E-state index contributed by atoms with van der Waals surface area (Å²) < 4.78 is 30.9. The van der Waals surface area contributed by atoms with E-state index in [0.29, 0.717) is 10.8 Å². The van der Waals surface area contributed by atoms with Gasteiger partial charge in [-0.3, -0.25) is 4.57 Å². The van der Waals surface area contributed by atoms with Gasteiger partial charge in [-0.1, -0.05) is 0 Å². The summed E-state index contributed by atoms with van der Waals surface area (Å²) in [6, 6.07) is 0. The van der Waals surface area contributed by atoms with Crippen molar-refractivity contribution in [3.63, 3.8) is 0 Å². The highest BCUT2D eigenvalue weighted by atomic mass is 35.5. The lowest BCUT2D eigenvalue weighted by Gasteiger charge is -2.40. The molecule has 4 atom stereocenters. The van der Waals surface area contributed by atoms with E-state index in [-0.39, 0.29) is 0 Å². The van der Waals surface area contributed by atoms with Crippen molar-refractivity contribution in [1.82, 2.24) is 9.55 Å². The molecule has 116 valence electrons. The van der Waals surface area contributed by atoms with Crippen LogP contribution in [0.1, 0.15) is 6.23 Å². The van der Waals surface area contributed by atoms with Gasteiger partial charge in [0, 0.05) is 4.67 Å². The van der Waals surface area contributed by atoms with Gasteiger partial charge >= 0.3 is 5.69 Å². The molecule has 1 fully saturated rings. The molecule has 4 radical (unpaired) electrons. The Hall–Kier alpha value is -1.16. The van der Waals surface area contributed by atoms with E-state index in [2.05, 4.69) is 4.98 Å². The minimum absolute atomic E-state index is 0.416. The third-order valence-corrected chi connectivity index (χ3v) is 3.79. The molecule has 0 spiro atoms. The van der Waals surface area contributed by atoms with E-state index in [9.17, 15) is 23.8 Å². The molecule has 2 heterocycles. The number of aromatic nitrogens is 2. The maximum atomic E-state index is 14.3. The minimum atomic E-state index is -2.37. The summed E-state index contributed by atoms with van der Waals surface area (Å²) >= 11 is 5.65. The number of ether oxygens (including phenoxy) is 1. The Bertz CT molecular complexity index is 644. The first-order valence-corrected chi connectivity index (χ1v) is 6.34. The van der Waals surface area contributed by atoms with E-state index in [1.54, 1.807) is 0 Å². The lowest BCUT2D eigenvalue weighted by atomic mass is 9.58. The maximum absolute atomic E-state index is 14.3. The molecule has 0 aliphatic carbocycles. The van der Waals surface area contributed by atoms with Crippen molar-refractivity contribution >= 4 is 33.1 Å². The Morgan fingerprint density at radius 1 is 1.64 bits per heavy atom. The minimum Gasteiger partial charge on any atom is -0.393 e. The average molecular weight is 331 g/mol. The number of anilines is 1. The second kappa shape index (κ2) is 5.48. The van der Waals surface area contributed by atoms with E-state index >= 15 is 0 Å². The first-order chi connectivity index (χ1) is 10.0. The van der Waals surface area contributed by atoms with Gasteiger partial charge in [0.15, 0.2) is 24.0 Å². The van der Waals surface area contributed by atoms with Gasteiger partial charge in [-0.25, -0.2) is 13.6 Å². The van der Waals surface area contributed by atoms with Crippen molar-refractivity contribution in [2.75, 3.05) is 12.3 Å². The fraction of sp³-hybridized carbons (Fsp3) is 0.600. The summed E-state index contributed by atoms with van der Waals surface area (Å²) in [6.07, 6.45) is -5.68. The molecule has 1 saturated heterocycles. The van der Waals surface area contributed by atoms with Gasteiger partial charge in [0.1, 0.15) is 11.7 Å². The van der Waals surface area contributed by atoms with Crippen LogP contribution >= 0.6 is 11.6 Å². The first-order valence-electron chi connectivity index (χ1n) is 5.97. The second-order valence-electron chi connectivity index (χ2n) is 4.88. The van der Waals surface area contributed by atoms with Crippen LogP contribution in [0.15, 0.2) is 11.0 Å². The predicted octanol–water partition coefficient (Wildman–Crippen LogP) is -1.85. The fourth-order valence-electron chi connectivity index (χ4n) is 2.18. The molecule has 0 saturated carbocycles. The number of hydrogen-bond acceptors (Lipinski definition) is 6. The van der Waals surface area contributed by atoms with Crippen molar-refractivity contribution < 1.29 is 23.7 Å². The van der Waals surface area contributed by atoms with E-state index in [1.807, 2.05) is 0 Å². The number of aliphatic hydroxyl groups is 2. The number of nitrogens with zero attached hydrogens (tertiary/aromatic N) is 2. The highest BCUT2D eigenvalue weighted by Crippen LogP contribution is 2.44. The zero-order valence-electron chi connectivity index (χ0n) is 11.0. The lowest BCUT2D eigenvalue weighted by molar-refractivity contribution is -0.126. The van der Waals surface area contributed by atoms with Crippen molar-refractivity contribution in [3.05, 3.63) is 22.5 Å². The number of nitrogen functional groups attached to an aromatic ring is 1. The smallest absolute Gasteiger partial charge is 0.351 e. The molecule has 0 amide bonds. The van der Waals surface area contributed by atoms with Crippen LogP contribution in [-0.4, -0.2) is 64.6 Å². The topological polar surface area (TPSA) is 111 Å². The van der Waals surface area contributed by atoms with E-state index in [4.69, 9.17) is 37.8 Å². The first kappa shape index (κ1) is 17.2. The molecule has 1 aliphatic rings. The Kier molecular flexibility index (Phi) is 4.29. The van der Waals surface area contributed by atoms with Crippen LogP contribution in [0.3, 0.4) is 0 Å².